The van der Waals surface area contributed by atoms with Crippen molar-refractivity contribution in [1.29, 1.82) is 0 Å². The molecule has 2 aromatic carbocycles. The van der Waals surface area contributed by atoms with E-state index in [0.29, 0.717) is 5.92 Å². The van der Waals surface area contributed by atoms with Gasteiger partial charge in [-0.2, -0.15) is 4.58 Å². The van der Waals surface area contributed by atoms with Gasteiger partial charge in [0.25, 0.3) is 0 Å². The summed E-state index contributed by atoms with van der Waals surface area (Å²) in [6, 6.07) is 17.7. The van der Waals surface area contributed by atoms with Gasteiger partial charge in [-0.25, -0.2) is 0 Å². The maximum absolute atomic E-state index is 2.45. The molecule has 1 aliphatic carbocycles. The Kier molecular flexibility index (Phi) is 4.67. The van der Waals surface area contributed by atoms with Gasteiger partial charge in [0.05, 0.1) is 10.8 Å². The number of hydrogen-bond donors (Lipinski definition) is 0. The summed E-state index contributed by atoms with van der Waals surface area (Å²) in [5, 5.41) is 0. The first-order valence-corrected chi connectivity index (χ1v) is 10.6. The highest BCUT2D eigenvalue weighted by Crippen LogP contribution is 2.50. The summed E-state index contributed by atoms with van der Waals surface area (Å²) in [5.74, 6) is 0.576. The molecule has 2 aromatic rings. The summed E-state index contributed by atoms with van der Waals surface area (Å²) < 4.78 is 2.65. The number of thioether (sulfide) groups is 1. The lowest BCUT2D eigenvalue weighted by molar-refractivity contribution is -0.409. The Morgan fingerprint density at radius 3 is 2.48 bits per heavy atom. The first kappa shape index (κ1) is 18.4. The number of allylic oxidation sites excluding steroid dienone is 1. The van der Waals surface area contributed by atoms with Gasteiger partial charge in [0.1, 0.15) is 7.05 Å². The minimum Gasteiger partial charge on any atom is -0.378 e. The van der Waals surface area contributed by atoms with Crippen LogP contribution in [0.15, 0.2) is 59.0 Å². The van der Waals surface area contributed by atoms with E-state index in [1.165, 1.54) is 39.5 Å². The second-order valence-corrected chi connectivity index (χ2v) is 10.1. The molecule has 0 N–H and O–H groups in total. The molecule has 1 fully saturated rings. The molecule has 0 spiro atoms. The van der Waals surface area contributed by atoms with Gasteiger partial charge in [-0.15, -0.1) is 11.8 Å². The maximum atomic E-state index is 2.45. The quantitative estimate of drug-likeness (QED) is 0.606. The molecule has 1 aliphatic heterocycles. The molecule has 1 saturated carbocycles. The van der Waals surface area contributed by atoms with E-state index in [1.807, 2.05) is 11.8 Å². The molecule has 1 heterocycles. The fourth-order valence-electron chi connectivity index (χ4n) is 4.44. The predicted octanol–water partition coefficient (Wildman–Crippen LogP) is 5.85. The summed E-state index contributed by atoms with van der Waals surface area (Å²) in [5.41, 5.74) is 6.87. The van der Waals surface area contributed by atoms with Gasteiger partial charge in [0.2, 0.25) is 5.69 Å². The maximum Gasteiger partial charge on any atom is 0.218 e. The van der Waals surface area contributed by atoms with Crippen molar-refractivity contribution in [2.45, 2.75) is 36.3 Å². The van der Waals surface area contributed by atoms with Gasteiger partial charge in [-0.1, -0.05) is 24.3 Å². The third-order valence-corrected chi connectivity index (χ3v) is 7.29. The van der Waals surface area contributed by atoms with Crippen LogP contribution in [0.4, 0.5) is 11.4 Å². The van der Waals surface area contributed by atoms with Crippen molar-refractivity contribution in [3.63, 3.8) is 0 Å². The number of rotatable bonds is 2. The summed E-state index contributed by atoms with van der Waals surface area (Å²) in [7, 11) is 6.42. The van der Waals surface area contributed by atoms with Crippen LogP contribution in [0, 0.1) is 5.92 Å². The molecule has 2 nitrogen and oxygen atoms in total. The smallest absolute Gasteiger partial charge is 0.218 e. The summed E-state index contributed by atoms with van der Waals surface area (Å²) in [6.07, 6.45) is 4.79. The zero-order valence-corrected chi connectivity index (χ0v) is 17.8. The zero-order chi connectivity index (χ0) is 19.2. The van der Waals surface area contributed by atoms with Crippen LogP contribution >= 0.6 is 11.8 Å². The standard InChI is InChI=1S/C24H29N2S/c1-24(2)20-15-12-18(16-17-10-13-19(14-11-17)25(3)4)23(20)26(5)21-8-6-7-9-22(21)27-24/h6-11,13-14,16,20H,12,15H2,1-5H3/q+1. The van der Waals surface area contributed by atoms with Crippen LogP contribution in [0.25, 0.3) is 6.08 Å². The highest BCUT2D eigenvalue weighted by atomic mass is 32.2. The van der Waals surface area contributed by atoms with Crippen LogP contribution in [0.2, 0.25) is 0 Å². The Labute approximate surface area is 167 Å². The lowest BCUT2D eigenvalue weighted by Gasteiger charge is -2.27. The van der Waals surface area contributed by atoms with E-state index in [4.69, 9.17) is 0 Å². The van der Waals surface area contributed by atoms with Crippen LogP contribution in [0.1, 0.15) is 32.3 Å². The molecule has 2 aliphatic rings. The van der Waals surface area contributed by atoms with Crippen LogP contribution in [0.3, 0.4) is 0 Å². The first-order chi connectivity index (χ1) is 12.9. The van der Waals surface area contributed by atoms with Gasteiger partial charge in [0, 0.05) is 36.2 Å². The van der Waals surface area contributed by atoms with E-state index in [1.54, 1.807) is 0 Å². The fraction of sp³-hybridized carbons (Fsp3) is 0.375. The molecule has 4 rings (SSSR count). The second-order valence-electron chi connectivity index (χ2n) is 8.36. The van der Waals surface area contributed by atoms with Gasteiger partial charge >= 0.3 is 0 Å². The molecule has 1 unspecified atom stereocenters. The molecule has 0 aromatic heterocycles. The third kappa shape index (κ3) is 3.34. The molecule has 27 heavy (non-hydrogen) atoms. The molecule has 0 bridgehead atoms. The molecular formula is C24H29N2S+. The highest BCUT2D eigenvalue weighted by Gasteiger charge is 2.47. The van der Waals surface area contributed by atoms with E-state index in [9.17, 15) is 0 Å². The minimum atomic E-state index is 0.195. The van der Waals surface area contributed by atoms with Crippen LogP contribution in [-0.4, -0.2) is 36.2 Å². The van der Waals surface area contributed by atoms with Gasteiger partial charge in [-0.05, 0) is 56.5 Å². The molecule has 3 heteroatoms. The summed E-state index contributed by atoms with van der Waals surface area (Å²) >= 11 is 2.03. The van der Waals surface area contributed by atoms with Crippen molar-refractivity contribution < 1.29 is 4.58 Å². The van der Waals surface area contributed by atoms with E-state index in [2.05, 4.69) is 99.1 Å². The third-order valence-electron chi connectivity index (χ3n) is 5.91. The Bertz CT molecular complexity index is 920. The number of hydrogen-bond acceptors (Lipinski definition) is 2. The van der Waals surface area contributed by atoms with E-state index < -0.39 is 0 Å². The molecule has 0 amide bonds. The summed E-state index contributed by atoms with van der Waals surface area (Å²) in [4.78, 5) is 3.54. The zero-order valence-electron chi connectivity index (χ0n) is 17.0. The predicted molar refractivity (Wildman–Crippen MR) is 119 cm³/mol. The highest BCUT2D eigenvalue weighted by molar-refractivity contribution is 8.00. The monoisotopic (exact) mass is 377 g/mol. The number of fused-ring (bicyclic) bond motifs is 2. The van der Waals surface area contributed by atoms with Crippen LogP contribution in [0.5, 0.6) is 0 Å². The lowest BCUT2D eigenvalue weighted by atomic mass is 9.90. The number of benzene rings is 2. The van der Waals surface area contributed by atoms with Crippen molar-refractivity contribution in [2.75, 3.05) is 26.0 Å². The van der Waals surface area contributed by atoms with Crippen molar-refractivity contribution in [3.05, 3.63) is 59.7 Å². The van der Waals surface area contributed by atoms with Crippen LogP contribution < -0.4 is 4.90 Å². The van der Waals surface area contributed by atoms with Crippen LogP contribution in [-0.2, 0) is 0 Å². The molecule has 0 radical (unpaired) electrons. The molecule has 0 saturated heterocycles. The SMILES string of the molecule is CN(C)c1ccc(/C=C2\CCC3C2=[N+](C)c2ccccc2SC3(C)C)cc1. The summed E-state index contributed by atoms with van der Waals surface area (Å²) in [6.45, 7) is 4.82. The Morgan fingerprint density at radius 1 is 1.07 bits per heavy atom. The van der Waals surface area contributed by atoms with Gasteiger partial charge < -0.3 is 4.90 Å². The van der Waals surface area contributed by atoms with Crippen molar-refractivity contribution in [1.82, 2.24) is 0 Å². The first-order valence-electron chi connectivity index (χ1n) is 9.74. The van der Waals surface area contributed by atoms with Crippen molar-refractivity contribution in [2.24, 2.45) is 5.92 Å². The normalized spacial score (nSPS) is 22.4. The Morgan fingerprint density at radius 2 is 1.78 bits per heavy atom. The second kappa shape index (κ2) is 6.87. The van der Waals surface area contributed by atoms with E-state index in [-0.39, 0.29) is 4.75 Å². The fourth-order valence-corrected chi connectivity index (χ4v) is 5.83. The van der Waals surface area contributed by atoms with Crippen molar-refractivity contribution in [3.8, 4) is 0 Å². The largest absolute Gasteiger partial charge is 0.378 e. The molecular weight excluding hydrogens is 348 g/mol. The lowest BCUT2D eigenvalue weighted by Crippen LogP contribution is -2.32. The number of anilines is 1. The topological polar surface area (TPSA) is 6.25 Å². The van der Waals surface area contributed by atoms with E-state index >= 15 is 0 Å². The average Bonchev–Trinajstić information content (AvgIpc) is 3.03. The number of para-hydroxylation sites is 1. The van der Waals surface area contributed by atoms with Crippen molar-refractivity contribution >= 4 is 34.9 Å². The molecule has 140 valence electrons. The van der Waals surface area contributed by atoms with Gasteiger partial charge in [-0.3, -0.25) is 0 Å². The molecule has 1 atom stereocenters. The minimum absolute atomic E-state index is 0.195. The Balaban J connectivity index is 1.80. The van der Waals surface area contributed by atoms with Gasteiger partial charge in [0.15, 0.2) is 5.71 Å². The number of nitrogens with zero attached hydrogens (tertiary/aromatic N) is 2. The average molecular weight is 378 g/mol. The Hall–Kier alpha value is -2.00. The van der Waals surface area contributed by atoms with E-state index in [0.717, 1.165) is 6.42 Å².